The fraction of sp³-hybridized carbons (Fsp3) is 0.320. The Hall–Kier alpha value is -3.61. The van der Waals surface area contributed by atoms with E-state index in [0.29, 0.717) is 23.6 Å². The molecule has 0 spiro atoms. The Morgan fingerprint density at radius 3 is 2.62 bits per heavy atom. The van der Waals surface area contributed by atoms with Crippen LogP contribution >= 0.6 is 0 Å². The van der Waals surface area contributed by atoms with Crippen LogP contribution in [0.2, 0.25) is 0 Å². The maximum atomic E-state index is 13.4. The van der Waals surface area contributed by atoms with Gasteiger partial charge in [0.1, 0.15) is 23.4 Å². The molecule has 1 aromatic heterocycles. The van der Waals surface area contributed by atoms with E-state index < -0.39 is 6.10 Å². The molecule has 32 heavy (non-hydrogen) atoms. The summed E-state index contributed by atoms with van der Waals surface area (Å²) in [5.74, 6) is 0.993. The van der Waals surface area contributed by atoms with E-state index in [-0.39, 0.29) is 17.6 Å². The summed E-state index contributed by atoms with van der Waals surface area (Å²) in [6.45, 7) is 5.18. The quantitative estimate of drug-likeness (QED) is 0.618. The zero-order valence-electron chi connectivity index (χ0n) is 18.9. The van der Waals surface area contributed by atoms with Gasteiger partial charge in [0.2, 0.25) is 0 Å². The van der Waals surface area contributed by atoms with Crippen molar-refractivity contribution in [3.63, 3.8) is 0 Å². The van der Waals surface area contributed by atoms with Crippen molar-refractivity contribution in [3.8, 4) is 17.1 Å². The van der Waals surface area contributed by atoms with E-state index in [9.17, 15) is 9.59 Å². The average molecular weight is 434 g/mol. The second-order valence-corrected chi connectivity index (χ2v) is 8.11. The van der Waals surface area contributed by atoms with Crippen molar-refractivity contribution in [2.75, 3.05) is 12.4 Å². The van der Waals surface area contributed by atoms with Crippen molar-refractivity contribution < 1.29 is 14.3 Å². The molecule has 2 unspecified atom stereocenters. The molecule has 1 aliphatic carbocycles. The highest BCUT2D eigenvalue weighted by Gasteiger charge is 2.35. The van der Waals surface area contributed by atoms with Crippen LogP contribution in [-0.4, -0.2) is 28.7 Å². The van der Waals surface area contributed by atoms with Gasteiger partial charge in [0.25, 0.3) is 5.56 Å². The molecule has 1 heterocycles. The molecule has 7 nitrogen and oxygen atoms in total. The van der Waals surface area contributed by atoms with E-state index in [2.05, 4.69) is 5.32 Å². The zero-order valence-corrected chi connectivity index (χ0v) is 18.9. The molecule has 166 valence electrons. The maximum Gasteiger partial charge on any atom is 0.302 e. The lowest BCUT2D eigenvalue weighted by molar-refractivity contribution is -0.146. The summed E-state index contributed by atoms with van der Waals surface area (Å²) in [6, 6.07) is 13.3. The van der Waals surface area contributed by atoms with Gasteiger partial charge in [-0.2, -0.15) is 0 Å². The molecule has 4 rings (SSSR count). The number of hydrogen-bond donors (Lipinski definition) is 1. The van der Waals surface area contributed by atoms with Crippen molar-refractivity contribution in [2.24, 2.45) is 7.05 Å². The number of carbonyl (C=O) groups excluding carboxylic acids is 1. The molecule has 0 fully saturated rings. The summed E-state index contributed by atoms with van der Waals surface area (Å²) in [7, 11) is 3.34. The van der Waals surface area contributed by atoms with Crippen molar-refractivity contribution in [2.45, 2.75) is 39.3 Å². The average Bonchev–Trinajstić information content (AvgIpc) is 3.10. The number of fused-ring (bicyclic) bond motifs is 1. The molecule has 0 aliphatic heterocycles. The number of carbonyl (C=O) groups is 1. The van der Waals surface area contributed by atoms with Crippen LogP contribution in [0, 0.1) is 13.8 Å². The molecule has 0 radical (unpaired) electrons. The van der Waals surface area contributed by atoms with E-state index in [0.717, 1.165) is 28.0 Å². The predicted molar refractivity (Wildman–Crippen MR) is 123 cm³/mol. The lowest BCUT2D eigenvalue weighted by Gasteiger charge is -2.24. The van der Waals surface area contributed by atoms with Crippen LogP contribution in [0.4, 0.5) is 5.69 Å². The van der Waals surface area contributed by atoms with Crippen LogP contribution < -0.4 is 15.6 Å². The van der Waals surface area contributed by atoms with Crippen LogP contribution in [0.1, 0.15) is 35.3 Å². The Morgan fingerprint density at radius 2 is 1.94 bits per heavy atom. The molecule has 2 aromatic carbocycles. The van der Waals surface area contributed by atoms with Gasteiger partial charge in [0.05, 0.1) is 18.8 Å². The first-order chi connectivity index (χ1) is 15.3. The minimum Gasteiger partial charge on any atom is -0.497 e. The summed E-state index contributed by atoms with van der Waals surface area (Å²) in [4.78, 5) is 29.8. The van der Waals surface area contributed by atoms with E-state index in [1.165, 1.54) is 6.92 Å². The molecule has 0 saturated carbocycles. The summed E-state index contributed by atoms with van der Waals surface area (Å²) in [6.07, 6.45) is 0.209. The zero-order chi connectivity index (χ0) is 23.0. The molecule has 0 amide bonds. The van der Waals surface area contributed by atoms with Crippen molar-refractivity contribution in [3.05, 3.63) is 75.2 Å². The highest BCUT2D eigenvalue weighted by molar-refractivity contribution is 5.67. The highest BCUT2D eigenvalue weighted by Crippen LogP contribution is 2.36. The van der Waals surface area contributed by atoms with Gasteiger partial charge in [-0.25, -0.2) is 4.98 Å². The number of esters is 1. The van der Waals surface area contributed by atoms with Crippen molar-refractivity contribution >= 4 is 11.7 Å². The van der Waals surface area contributed by atoms with Gasteiger partial charge in [-0.05, 0) is 48.7 Å². The number of nitrogens with zero attached hydrogens (tertiary/aromatic N) is 2. The standard InChI is InChI=1S/C25H27N3O4/c1-14-12-18(31-5)10-11-19(14)24-26-15(2)22(25(30)28(24)4)27-23-20-9-7-6-8-17(20)13-21(23)32-16(3)29/h6-12,21,23,27H,13H2,1-5H3. The minimum absolute atomic E-state index is 0.186. The normalized spacial score (nSPS) is 17.0. The summed E-state index contributed by atoms with van der Waals surface area (Å²) in [5.41, 5.74) is 4.76. The monoisotopic (exact) mass is 433 g/mol. The van der Waals surface area contributed by atoms with Gasteiger partial charge in [-0.1, -0.05) is 24.3 Å². The lowest BCUT2D eigenvalue weighted by atomic mass is 10.1. The van der Waals surface area contributed by atoms with Crippen LogP contribution in [0.3, 0.4) is 0 Å². The smallest absolute Gasteiger partial charge is 0.302 e. The number of aromatic nitrogens is 2. The van der Waals surface area contributed by atoms with Crippen molar-refractivity contribution in [1.82, 2.24) is 9.55 Å². The van der Waals surface area contributed by atoms with Crippen LogP contribution in [-0.2, 0) is 23.0 Å². The van der Waals surface area contributed by atoms with Crippen LogP contribution in [0.5, 0.6) is 5.75 Å². The molecular weight excluding hydrogens is 406 g/mol. The SMILES string of the molecule is COc1ccc(-c2nc(C)c(NC3c4ccccc4CC3OC(C)=O)c(=O)n2C)c(C)c1. The van der Waals surface area contributed by atoms with E-state index in [1.807, 2.05) is 56.3 Å². The summed E-state index contributed by atoms with van der Waals surface area (Å²) < 4.78 is 12.4. The Kier molecular flexibility index (Phi) is 5.74. The lowest BCUT2D eigenvalue weighted by Crippen LogP contribution is -2.31. The van der Waals surface area contributed by atoms with Crippen molar-refractivity contribution in [1.29, 1.82) is 0 Å². The van der Waals surface area contributed by atoms with Gasteiger partial charge in [-0.3, -0.25) is 14.2 Å². The third-order valence-corrected chi connectivity index (χ3v) is 5.95. The van der Waals surface area contributed by atoms with Gasteiger partial charge < -0.3 is 14.8 Å². The largest absolute Gasteiger partial charge is 0.497 e. The second kappa shape index (κ2) is 8.49. The second-order valence-electron chi connectivity index (χ2n) is 8.11. The number of anilines is 1. The summed E-state index contributed by atoms with van der Waals surface area (Å²) in [5, 5.41) is 3.35. The highest BCUT2D eigenvalue weighted by atomic mass is 16.5. The van der Waals surface area contributed by atoms with Gasteiger partial charge in [-0.15, -0.1) is 0 Å². The molecule has 7 heteroatoms. The van der Waals surface area contributed by atoms with Gasteiger partial charge >= 0.3 is 5.97 Å². The molecule has 3 aromatic rings. The molecule has 1 N–H and O–H groups in total. The first-order valence-corrected chi connectivity index (χ1v) is 10.5. The Labute approximate surface area is 187 Å². The fourth-order valence-electron chi connectivity index (χ4n) is 4.34. The summed E-state index contributed by atoms with van der Waals surface area (Å²) >= 11 is 0. The molecular formula is C25H27N3O4. The van der Waals surface area contributed by atoms with E-state index in [4.69, 9.17) is 14.5 Å². The number of hydrogen-bond acceptors (Lipinski definition) is 6. The number of ether oxygens (including phenoxy) is 2. The fourth-order valence-corrected chi connectivity index (χ4v) is 4.34. The first-order valence-electron chi connectivity index (χ1n) is 10.5. The van der Waals surface area contributed by atoms with Gasteiger partial charge in [0, 0.05) is 26.0 Å². The number of aryl methyl sites for hydroxylation is 2. The van der Waals surface area contributed by atoms with Crippen LogP contribution in [0.15, 0.2) is 47.3 Å². The Bertz CT molecular complexity index is 1250. The Morgan fingerprint density at radius 1 is 1.19 bits per heavy atom. The molecule has 2 atom stereocenters. The number of rotatable bonds is 5. The number of methoxy groups -OCH3 is 1. The van der Waals surface area contributed by atoms with E-state index >= 15 is 0 Å². The minimum atomic E-state index is -0.391. The van der Waals surface area contributed by atoms with Crippen LogP contribution in [0.25, 0.3) is 11.4 Å². The van der Waals surface area contributed by atoms with Gasteiger partial charge in [0.15, 0.2) is 0 Å². The maximum absolute atomic E-state index is 13.4. The van der Waals surface area contributed by atoms with E-state index in [1.54, 1.807) is 18.7 Å². The molecule has 0 bridgehead atoms. The topological polar surface area (TPSA) is 82.4 Å². The third-order valence-electron chi connectivity index (χ3n) is 5.95. The number of benzene rings is 2. The Balaban J connectivity index is 1.74. The predicted octanol–water partition coefficient (Wildman–Crippen LogP) is 3.71. The number of nitrogens with one attached hydrogen (secondary N) is 1. The molecule has 0 saturated heterocycles. The third kappa shape index (κ3) is 3.86. The first kappa shape index (κ1) is 21.6. The molecule has 1 aliphatic rings.